The molecule has 4 nitrogen and oxygen atoms in total. The fourth-order valence-corrected chi connectivity index (χ4v) is 4.90. The van der Waals surface area contributed by atoms with Crippen molar-refractivity contribution in [3.8, 4) is 22.8 Å². The number of aryl methyl sites for hydroxylation is 4. The molecule has 0 spiro atoms. The summed E-state index contributed by atoms with van der Waals surface area (Å²) in [6.07, 6.45) is 2.06. The van der Waals surface area contributed by atoms with Crippen LogP contribution in [-0.4, -0.2) is 0 Å². The predicted octanol–water partition coefficient (Wildman–Crippen LogP) is 7.43. The summed E-state index contributed by atoms with van der Waals surface area (Å²) in [7, 11) is 2.06. The summed E-state index contributed by atoms with van der Waals surface area (Å²) in [6.45, 7) is 6.41. The summed E-state index contributed by atoms with van der Waals surface area (Å²) < 4.78 is 15.3. The fraction of sp³-hybridized carbons (Fsp3) is 0.138. The number of hydrogen-bond donors (Lipinski definition) is 0. The van der Waals surface area contributed by atoms with Crippen LogP contribution in [0.15, 0.2) is 83.4 Å². The van der Waals surface area contributed by atoms with E-state index in [1.807, 2.05) is 24.3 Å². The minimum atomic E-state index is 0.714. The molecular weight excluding hydrogens is 408 g/mol. The molecular formula is C29H25N2O2+. The molecule has 0 radical (unpaired) electrons. The van der Waals surface area contributed by atoms with Gasteiger partial charge in [0, 0.05) is 12.1 Å². The van der Waals surface area contributed by atoms with Crippen molar-refractivity contribution in [1.29, 1.82) is 0 Å². The van der Waals surface area contributed by atoms with Crippen LogP contribution in [0.2, 0.25) is 0 Å². The number of hydrogen-bond acceptors (Lipinski definition) is 3. The Labute approximate surface area is 193 Å². The largest absolute Gasteiger partial charge is 0.449 e. The van der Waals surface area contributed by atoms with Gasteiger partial charge in [0.15, 0.2) is 23.3 Å². The van der Waals surface area contributed by atoms with Crippen molar-refractivity contribution in [3.05, 3.63) is 95.7 Å². The van der Waals surface area contributed by atoms with Gasteiger partial charge in [0.1, 0.15) is 7.05 Å². The molecule has 0 unspecified atom stereocenters. The van der Waals surface area contributed by atoms with Gasteiger partial charge in [-0.15, -0.1) is 0 Å². The molecule has 5 aromatic rings. The molecule has 2 aromatic heterocycles. The number of aromatic nitrogens is 1. The zero-order valence-corrected chi connectivity index (χ0v) is 19.2. The Morgan fingerprint density at radius 3 is 2.30 bits per heavy atom. The zero-order chi connectivity index (χ0) is 22.7. The Bertz CT molecular complexity index is 1530. The number of rotatable bonds is 2. The van der Waals surface area contributed by atoms with Crippen LogP contribution in [-0.2, 0) is 7.05 Å². The molecule has 0 fully saturated rings. The molecule has 4 heteroatoms. The number of furan rings is 1. The number of anilines is 3. The molecule has 33 heavy (non-hydrogen) atoms. The molecule has 0 saturated carbocycles. The summed E-state index contributed by atoms with van der Waals surface area (Å²) in [6, 6.07) is 25.0. The number of fused-ring (bicyclic) bond motifs is 4. The number of ether oxygens (including phenoxy) is 1. The first kappa shape index (κ1) is 19.6. The van der Waals surface area contributed by atoms with Crippen LogP contribution in [0, 0.1) is 20.8 Å². The molecule has 0 aliphatic carbocycles. The SMILES string of the molecule is Cc1cccc(C)c1N1c2ccccc2Oc2c1oc1c(-c3cccc[n+]3C)c(C)ccc21. The molecule has 162 valence electrons. The zero-order valence-electron chi connectivity index (χ0n) is 19.2. The van der Waals surface area contributed by atoms with Gasteiger partial charge in [-0.05, 0) is 61.7 Å². The van der Waals surface area contributed by atoms with Crippen molar-refractivity contribution < 1.29 is 13.7 Å². The highest BCUT2D eigenvalue weighted by Crippen LogP contribution is 2.56. The average molecular weight is 434 g/mol. The lowest BCUT2D eigenvalue weighted by Crippen LogP contribution is -2.30. The maximum Gasteiger partial charge on any atom is 0.249 e. The second-order valence-electron chi connectivity index (χ2n) is 8.71. The first-order valence-electron chi connectivity index (χ1n) is 11.2. The van der Waals surface area contributed by atoms with Crippen molar-refractivity contribution in [2.75, 3.05) is 4.90 Å². The van der Waals surface area contributed by atoms with Crippen LogP contribution >= 0.6 is 0 Å². The van der Waals surface area contributed by atoms with Crippen LogP contribution < -0.4 is 14.2 Å². The van der Waals surface area contributed by atoms with E-state index in [0.29, 0.717) is 5.88 Å². The number of para-hydroxylation sites is 3. The van der Waals surface area contributed by atoms with Gasteiger partial charge < -0.3 is 9.15 Å². The minimum absolute atomic E-state index is 0.714. The Kier molecular flexibility index (Phi) is 4.31. The fourth-order valence-electron chi connectivity index (χ4n) is 4.90. The maximum absolute atomic E-state index is 6.73. The van der Waals surface area contributed by atoms with Gasteiger partial charge in [0.05, 0.1) is 22.3 Å². The Morgan fingerprint density at radius 1 is 0.758 bits per heavy atom. The molecule has 6 rings (SSSR count). The first-order chi connectivity index (χ1) is 16.0. The Morgan fingerprint density at radius 2 is 1.52 bits per heavy atom. The van der Waals surface area contributed by atoms with Crippen molar-refractivity contribution >= 4 is 28.2 Å². The van der Waals surface area contributed by atoms with Crippen molar-refractivity contribution in [1.82, 2.24) is 0 Å². The second-order valence-corrected chi connectivity index (χ2v) is 8.71. The maximum atomic E-state index is 6.73. The predicted molar refractivity (Wildman–Crippen MR) is 132 cm³/mol. The highest BCUT2D eigenvalue weighted by atomic mass is 16.5. The van der Waals surface area contributed by atoms with Gasteiger partial charge >= 0.3 is 0 Å². The van der Waals surface area contributed by atoms with Gasteiger partial charge in [-0.25, -0.2) is 4.57 Å². The molecule has 1 aliphatic rings. The van der Waals surface area contributed by atoms with E-state index in [1.54, 1.807) is 0 Å². The van der Waals surface area contributed by atoms with Crippen LogP contribution in [0.25, 0.3) is 22.2 Å². The summed E-state index contributed by atoms with van der Waals surface area (Å²) in [5.74, 6) is 2.29. The first-order valence-corrected chi connectivity index (χ1v) is 11.2. The van der Waals surface area contributed by atoms with E-state index in [1.165, 1.54) is 11.1 Å². The van der Waals surface area contributed by atoms with Gasteiger partial charge in [0.2, 0.25) is 11.6 Å². The molecule has 0 saturated heterocycles. The van der Waals surface area contributed by atoms with Gasteiger partial charge in [-0.3, -0.25) is 4.90 Å². The molecule has 1 aliphatic heterocycles. The molecule has 0 N–H and O–H groups in total. The van der Waals surface area contributed by atoms with Crippen molar-refractivity contribution in [2.45, 2.75) is 20.8 Å². The summed E-state index contributed by atoms with van der Waals surface area (Å²) in [5, 5.41) is 0.972. The minimum Gasteiger partial charge on any atom is -0.449 e. The quantitative estimate of drug-likeness (QED) is 0.266. The summed E-state index contributed by atoms with van der Waals surface area (Å²) in [5.41, 5.74) is 8.65. The van der Waals surface area contributed by atoms with Gasteiger partial charge in [0.25, 0.3) is 0 Å². The third kappa shape index (κ3) is 2.87. The molecule has 0 bridgehead atoms. The van der Waals surface area contributed by atoms with E-state index in [9.17, 15) is 0 Å². The standard InChI is InChI=1S/C29H25N2O2/c1-18-15-16-21-27(25(18)23-13-7-8-17-30(23)4)33-29-28(21)32-24-14-6-5-12-22(24)31(29)26-19(2)10-9-11-20(26)3/h5-17H,1-4H3/q+1. The van der Waals surface area contributed by atoms with E-state index in [0.717, 1.165) is 50.7 Å². The lowest BCUT2D eigenvalue weighted by Gasteiger charge is -2.31. The number of nitrogens with zero attached hydrogens (tertiary/aromatic N) is 2. The average Bonchev–Trinajstić information content (AvgIpc) is 3.17. The van der Waals surface area contributed by atoms with E-state index in [2.05, 4.69) is 92.0 Å². The third-order valence-electron chi connectivity index (χ3n) is 6.50. The van der Waals surface area contributed by atoms with Crippen LogP contribution in [0.3, 0.4) is 0 Å². The van der Waals surface area contributed by atoms with E-state index in [-0.39, 0.29) is 0 Å². The smallest absolute Gasteiger partial charge is 0.249 e. The van der Waals surface area contributed by atoms with Gasteiger partial charge in [-0.2, -0.15) is 0 Å². The van der Waals surface area contributed by atoms with Gasteiger partial charge in [-0.1, -0.05) is 36.4 Å². The lowest BCUT2D eigenvalue weighted by atomic mass is 10.0. The summed E-state index contributed by atoms with van der Waals surface area (Å²) in [4.78, 5) is 2.21. The topological polar surface area (TPSA) is 29.5 Å². The lowest BCUT2D eigenvalue weighted by molar-refractivity contribution is -0.660. The van der Waals surface area contributed by atoms with Crippen LogP contribution in [0.4, 0.5) is 17.3 Å². The molecule has 3 aromatic carbocycles. The normalized spacial score (nSPS) is 12.4. The number of benzene rings is 3. The molecule has 0 amide bonds. The van der Waals surface area contributed by atoms with Crippen molar-refractivity contribution in [3.63, 3.8) is 0 Å². The third-order valence-corrected chi connectivity index (χ3v) is 6.50. The highest BCUT2D eigenvalue weighted by Gasteiger charge is 2.34. The van der Waals surface area contributed by atoms with Crippen molar-refractivity contribution in [2.24, 2.45) is 7.05 Å². The Balaban J connectivity index is 1.70. The second kappa shape index (κ2) is 7.24. The Hall–Kier alpha value is -4.05. The number of pyridine rings is 1. The summed E-state index contributed by atoms with van der Waals surface area (Å²) >= 11 is 0. The molecule has 3 heterocycles. The van der Waals surface area contributed by atoms with Crippen LogP contribution in [0.5, 0.6) is 11.5 Å². The monoisotopic (exact) mass is 433 g/mol. The highest BCUT2D eigenvalue weighted by molar-refractivity contribution is 6.03. The van der Waals surface area contributed by atoms with E-state index in [4.69, 9.17) is 9.15 Å². The van der Waals surface area contributed by atoms with E-state index >= 15 is 0 Å². The molecule has 0 atom stereocenters. The van der Waals surface area contributed by atoms with E-state index < -0.39 is 0 Å². The van der Waals surface area contributed by atoms with Crippen LogP contribution in [0.1, 0.15) is 16.7 Å².